The lowest BCUT2D eigenvalue weighted by molar-refractivity contribution is -0.141. The highest BCUT2D eigenvalue weighted by Crippen LogP contribution is 2.31. The summed E-state index contributed by atoms with van der Waals surface area (Å²) < 4.78 is 9.93. The van der Waals surface area contributed by atoms with E-state index >= 15 is 0 Å². The van der Waals surface area contributed by atoms with Crippen LogP contribution in [-0.2, 0) is 9.53 Å². The molecule has 0 unspecified atom stereocenters. The summed E-state index contributed by atoms with van der Waals surface area (Å²) in [5.41, 5.74) is 1.51. The first-order valence-electron chi connectivity index (χ1n) is 6.55. The van der Waals surface area contributed by atoms with Gasteiger partial charge in [-0.25, -0.2) is 0 Å². The van der Waals surface area contributed by atoms with Crippen LogP contribution in [0.1, 0.15) is 37.8 Å². The van der Waals surface area contributed by atoms with Crippen molar-refractivity contribution in [1.29, 1.82) is 0 Å². The molecule has 0 spiro atoms. The second-order valence-electron chi connectivity index (χ2n) is 4.58. The Morgan fingerprint density at radius 3 is 2.70 bits per heavy atom. The summed E-state index contributed by atoms with van der Waals surface area (Å²) in [7, 11) is 1.55. The van der Waals surface area contributed by atoms with E-state index in [-0.39, 0.29) is 24.2 Å². The number of phenols is 1. The van der Waals surface area contributed by atoms with Gasteiger partial charge in [-0.2, -0.15) is 0 Å². The van der Waals surface area contributed by atoms with Gasteiger partial charge in [-0.1, -0.05) is 13.8 Å². The number of methoxy groups -OCH3 is 1. The predicted molar refractivity (Wildman–Crippen MR) is 77.8 cm³/mol. The highest BCUT2D eigenvalue weighted by molar-refractivity contribution is 5.87. The van der Waals surface area contributed by atoms with Crippen LogP contribution in [-0.4, -0.2) is 37.6 Å². The van der Waals surface area contributed by atoms with E-state index in [0.29, 0.717) is 17.9 Å². The third-order valence-corrected chi connectivity index (χ3v) is 2.77. The molecule has 0 aliphatic rings. The number of carbonyl (C=O) groups is 1. The van der Waals surface area contributed by atoms with Crippen LogP contribution in [0.2, 0.25) is 0 Å². The molecule has 0 heterocycles. The monoisotopic (exact) mass is 279 g/mol. The highest BCUT2D eigenvalue weighted by atomic mass is 16.5. The maximum Gasteiger partial charge on any atom is 0.327 e. The fourth-order valence-electron chi connectivity index (χ4n) is 1.79. The molecule has 1 rings (SSSR count). The van der Waals surface area contributed by atoms with Gasteiger partial charge in [0, 0.05) is 17.8 Å². The number of nitrogens with zero attached hydrogens (tertiary/aromatic N) is 1. The van der Waals surface area contributed by atoms with Gasteiger partial charge in [0.1, 0.15) is 18.0 Å². The number of benzene rings is 1. The molecule has 0 aromatic heterocycles. The molecule has 0 saturated carbocycles. The molecular formula is C15H21NO4. The number of hydrogen-bond acceptors (Lipinski definition) is 5. The number of phenolic OH excluding ortho intramolecular Hbond substituents is 1. The van der Waals surface area contributed by atoms with Crippen molar-refractivity contribution >= 4 is 12.2 Å². The maximum absolute atomic E-state index is 11.2. The summed E-state index contributed by atoms with van der Waals surface area (Å²) in [6, 6.07) is 3.38. The van der Waals surface area contributed by atoms with Crippen LogP contribution in [0.4, 0.5) is 0 Å². The Hall–Kier alpha value is -2.04. The zero-order chi connectivity index (χ0) is 15.1. The molecule has 0 atom stereocenters. The second-order valence-corrected chi connectivity index (χ2v) is 4.58. The molecule has 1 aromatic carbocycles. The molecule has 0 amide bonds. The van der Waals surface area contributed by atoms with E-state index < -0.39 is 0 Å². The van der Waals surface area contributed by atoms with E-state index in [2.05, 4.69) is 4.99 Å². The Morgan fingerprint density at radius 2 is 2.15 bits per heavy atom. The van der Waals surface area contributed by atoms with E-state index in [9.17, 15) is 9.90 Å². The predicted octanol–water partition coefficient (Wildman–Crippen LogP) is 2.51. The SMILES string of the molecule is CCOC(=O)CN=Cc1c(O)cc(OC)cc1C(C)C. The van der Waals surface area contributed by atoms with Gasteiger partial charge >= 0.3 is 5.97 Å². The van der Waals surface area contributed by atoms with Crippen LogP contribution < -0.4 is 4.74 Å². The molecule has 0 aliphatic heterocycles. The Balaban J connectivity index is 2.99. The number of carbonyl (C=O) groups excluding carboxylic acids is 1. The van der Waals surface area contributed by atoms with Gasteiger partial charge in [0.15, 0.2) is 0 Å². The largest absolute Gasteiger partial charge is 0.507 e. The van der Waals surface area contributed by atoms with E-state index in [4.69, 9.17) is 9.47 Å². The lowest BCUT2D eigenvalue weighted by Crippen LogP contribution is -2.08. The molecular weight excluding hydrogens is 258 g/mol. The molecule has 1 aromatic rings. The van der Waals surface area contributed by atoms with Gasteiger partial charge in [0.2, 0.25) is 0 Å². The van der Waals surface area contributed by atoms with Crippen molar-refractivity contribution < 1.29 is 19.4 Å². The molecule has 0 aliphatic carbocycles. The molecule has 0 bridgehead atoms. The Labute approximate surface area is 119 Å². The van der Waals surface area contributed by atoms with Crippen LogP contribution in [0.15, 0.2) is 17.1 Å². The fourth-order valence-corrected chi connectivity index (χ4v) is 1.79. The van der Waals surface area contributed by atoms with E-state index in [0.717, 1.165) is 5.56 Å². The number of esters is 1. The quantitative estimate of drug-likeness (QED) is 0.641. The molecule has 5 heteroatoms. The summed E-state index contributed by atoms with van der Waals surface area (Å²) in [4.78, 5) is 15.2. The first kappa shape index (κ1) is 16.0. The summed E-state index contributed by atoms with van der Waals surface area (Å²) in [6.07, 6.45) is 1.50. The van der Waals surface area contributed by atoms with Crippen molar-refractivity contribution in [3.63, 3.8) is 0 Å². The van der Waals surface area contributed by atoms with Crippen molar-refractivity contribution in [2.24, 2.45) is 4.99 Å². The lowest BCUT2D eigenvalue weighted by atomic mass is 9.96. The van der Waals surface area contributed by atoms with Crippen molar-refractivity contribution in [3.05, 3.63) is 23.3 Å². The van der Waals surface area contributed by atoms with E-state index in [1.54, 1.807) is 14.0 Å². The number of rotatable bonds is 6. The van der Waals surface area contributed by atoms with Gasteiger partial charge in [0.25, 0.3) is 0 Å². The van der Waals surface area contributed by atoms with Crippen molar-refractivity contribution in [3.8, 4) is 11.5 Å². The summed E-state index contributed by atoms with van der Waals surface area (Å²) in [6.45, 7) is 6.04. The summed E-state index contributed by atoms with van der Waals surface area (Å²) in [5, 5.41) is 10.0. The van der Waals surface area contributed by atoms with E-state index in [1.165, 1.54) is 12.3 Å². The van der Waals surface area contributed by atoms with Crippen molar-refractivity contribution in [2.75, 3.05) is 20.3 Å². The van der Waals surface area contributed by atoms with Crippen LogP contribution in [0.3, 0.4) is 0 Å². The normalized spacial score (nSPS) is 11.1. The van der Waals surface area contributed by atoms with Gasteiger partial charge in [0.05, 0.1) is 13.7 Å². The minimum Gasteiger partial charge on any atom is -0.507 e. The Bertz CT molecular complexity index is 495. The van der Waals surface area contributed by atoms with Crippen LogP contribution in [0.25, 0.3) is 0 Å². The number of aromatic hydroxyl groups is 1. The maximum atomic E-state index is 11.2. The highest BCUT2D eigenvalue weighted by Gasteiger charge is 2.12. The molecule has 0 saturated heterocycles. The minimum absolute atomic E-state index is 0.0587. The van der Waals surface area contributed by atoms with Gasteiger partial charge < -0.3 is 14.6 Å². The third-order valence-electron chi connectivity index (χ3n) is 2.77. The van der Waals surface area contributed by atoms with Gasteiger partial charge in [-0.3, -0.25) is 9.79 Å². The van der Waals surface area contributed by atoms with Crippen LogP contribution in [0.5, 0.6) is 11.5 Å². The van der Waals surface area contributed by atoms with Crippen LogP contribution in [0, 0.1) is 0 Å². The first-order valence-corrected chi connectivity index (χ1v) is 6.55. The average Bonchev–Trinajstić information content (AvgIpc) is 2.40. The number of hydrogen-bond donors (Lipinski definition) is 1. The molecule has 20 heavy (non-hydrogen) atoms. The average molecular weight is 279 g/mol. The van der Waals surface area contributed by atoms with E-state index in [1.807, 2.05) is 19.9 Å². The summed E-state index contributed by atoms with van der Waals surface area (Å²) >= 11 is 0. The van der Waals surface area contributed by atoms with Gasteiger partial charge in [-0.15, -0.1) is 0 Å². The zero-order valence-corrected chi connectivity index (χ0v) is 12.3. The zero-order valence-electron chi connectivity index (χ0n) is 12.3. The molecule has 0 fully saturated rings. The van der Waals surface area contributed by atoms with Gasteiger partial charge in [-0.05, 0) is 24.5 Å². The smallest absolute Gasteiger partial charge is 0.327 e. The minimum atomic E-state index is -0.386. The lowest BCUT2D eigenvalue weighted by Gasteiger charge is -2.13. The Kier molecular flexibility index (Phi) is 6.03. The topological polar surface area (TPSA) is 68.1 Å². The number of ether oxygens (including phenoxy) is 2. The number of aliphatic imine (C=N–C) groups is 1. The third kappa shape index (κ3) is 4.26. The second kappa shape index (κ2) is 7.53. The van der Waals surface area contributed by atoms with Crippen LogP contribution >= 0.6 is 0 Å². The standard InChI is InChI=1S/C15H21NO4/c1-5-20-15(18)9-16-8-13-12(10(2)3)6-11(19-4)7-14(13)17/h6-8,10,17H,5,9H2,1-4H3. The fraction of sp³-hybridized carbons (Fsp3) is 0.467. The van der Waals surface area contributed by atoms with Crippen molar-refractivity contribution in [1.82, 2.24) is 0 Å². The first-order chi connectivity index (χ1) is 9.49. The summed E-state index contributed by atoms with van der Waals surface area (Å²) in [5.74, 6) is 0.484. The van der Waals surface area contributed by atoms with Crippen molar-refractivity contribution in [2.45, 2.75) is 26.7 Å². The Morgan fingerprint density at radius 1 is 1.45 bits per heavy atom. The molecule has 1 N–H and O–H groups in total. The molecule has 110 valence electrons. The molecule has 5 nitrogen and oxygen atoms in total. The molecule has 0 radical (unpaired) electrons.